The zero-order valence-corrected chi connectivity index (χ0v) is 11.1. The molecule has 0 radical (unpaired) electrons. The largest absolute Gasteiger partial charge is 0.465 e. The number of carbonyl (C=O) groups is 1. The van der Waals surface area contributed by atoms with Crippen molar-refractivity contribution in [1.82, 2.24) is 4.90 Å². The van der Waals surface area contributed by atoms with Gasteiger partial charge in [0.05, 0.1) is 12.7 Å². The van der Waals surface area contributed by atoms with Crippen molar-refractivity contribution in [2.75, 3.05) is 26.7 Å². The number of halogens is 1. The summed E-state index contributed by atoms with van der Waals surface area (Å²) < 4.78 is 18.3. The van der Waals surface area contributed by atoms with Gasteiger partial charge in [-0.1, -0.05) is 6.07 Å². The predicted molar refractivity (Wildman–Crippen MR) is 70.2 cm³/mol. The minimum atomic E-state index is -0.645. The second kappa shape index (κ2) is 6.12. The van der Waals surface area contributed by atoms with Gasteiger partial charge in [0, 0.05) is 13.1 Å². The fraction of sp³-hybridized carbons (Fsp3) is 0.500. The van der Waals surface area contributed by atoms with Crippen LogP contribution in [0.3, 0.4) is 0 Å². The van der Waals surface area contributed by atoms with Crippen molar-refractivity contribution in [2.24, 2.45) is 11.7 Å². The molecule has 1 aromatic carbocycles. The van der Waals surface area contributed by atoms with Crippen LogP contribution in [0.1, 0.15) is 22.3 Å². The highest BCUT2D eigenvalue weighted by Crippen LogP contribution is 2.19. The van der Waals surface area contributed by atoms with Crippen LogP contribution in [0.25, 0.3) is 0 Å². The number of methoxy groups -OCH3 is 1. The van der Waals surface area contributed by atoms with Crippen LogP contribution in [0.15, 0.2) is 18.2 Å². The van der Waals surface area contributed by atoms with E-state index in [1.165, 1.54) is 19.2 Å². The van der Waals surface area contributed by atoms with Crippen molar-refractivity contribution in [3.63, 3.8) is 0 Å². The molecule has 0 bridgehead atoms. The van der Waals surface area contributed by atoms with Gasteiger partial charge in [0.15, 0.2) is 0 Å². The Bertz CT molecular complexity index is 465. The number of rotatable bonds is 4. The summed E-state index contributed by atoms with van der Waals surface area (Å²) in [5, 5.41) is 0. The SMILES string of the molecule is COC(=O)c1ccc(CN2CCC(CN)C2)cc1F. The topological polar surface area (TPSA) is 55.6 Å². The molecule has 1 aliphatic rings. The molecule has 2 N–H and O–H groups in total. The van der Waals surface area contributed by atoms with Gasteiger partial charge in [-0.3, -0.25) is 4.90 Å². The molecule has 0 amide bonds. The first-order valence-electron chi connectivity index (χ1n) is 6.43. The molecule has 104 valence electrons. The molecule has 0 spiro atoms. The van der Waals surface area contributed by atoms with E-state index in [0.717, 1.165) is 25.1 Å². The average Bonchev–Trinajstić information content (AvgIpc) is 2.86. The number of nitrogens with zero attached hydrogens (tertiary/aromatic N) is 1. The predicted octanol–water partition coefficient (Wildman–Crippen LogP) is 1.39. The molecule has 1 aliphatic heterocycles. The Labute approximate surface area is 112 Å². The molecule has 4 nitrogen and oxygen atoms in total. The van der Waals surface area contributed by atoms with E-state index in [2.05, 4.69) is 9.64 Å². The van der Waals surface area contributed by atoms with Gasteiger partial charge in [-0.15, -0.1) is 0 Å². The van der Waals surface area contributed by atoms with Crippen molar-refractivity contribution in [1.29, 1.82) is 0 Å². The fourth-order valence-electron chi connectivity index (χ4n) is 2.44. The number of ether oxygens (including phenoxy) is 1. The molecule has 19 heavy (non-hydrogen) atoms. The molecular formula is C14H19FN2O2. The van der Waals surface area contributed by atoms with E-state index in [1.807, 2.05) is 0 Å². The lowest BCUT2D eigenvalue weighted by atomic mass is 10.1. The van der Waals surface area contributed by atoms with E-state index in [9.17, 15) is 9.18 Å². The quantitative estimate of drug-likeness (QED) is 0.837. The van der Waals surface area contributed by atoms with Gasteiger partial charge in [-0.05, 0) is 43.1 Å². The maximum absolute atomic E-state index is 13.8. The van der Waals surface area contributed by atoms with Crippen molar-refractivity contribution < 1.29 is 13.9 Å². The number of hydrogen-bond acceptors (Lipinski definition) is 4. The van der Waals surface area contributed by atoms with E-state index < -0.39 is 11.8 Å². The van der Waals surface area contributed by atoms with Crippen LogP contribution in [0.2, 0.25) is 0 Å². The number of hydrogen-bond donors (Lipinski definition) is 1. The third kappa shape index (κ3) is 3.30. The molecule has 1 saturated heterocycles. The normalized spacial score (nSPS) is 19.6. The standard InChI is InChI=1S/C14H19FN2O2/c1-19-14(18)12-3-2-10(6-13(12)15)8-17-5-4-11(7-16)9-17/h2-3,6,11H,4-5,7-9,16H2,1H3. The van der Waals surface area contributed by atoms with E-state index in [-0.39, 0.29) is 5.56 Å². The van der Waals surface area contributed by atoms with Crippen molar-refractivity contribution in [3.05, 3.63) is 35.1 Å². The summed E-state index contributed by atoms with van der Waals surface area (Å²) in [7, 11) is 1.24. The average molecular weight is 266 g/mol. The number of likely N-dealkylation sites (tertiary alicyclic amines) is 1. The van der Waals surface area contributed by atoms with Crippen LogP contribution in [0.5, 0.6) is 0 Å². The molecule has 1 fully saturated rings. The molecule has 1 aromatic rings. The first kappa shape index (κ1) is 14.0. The van der Waals surface area contributed by atoms with Gasteiger partial charge in [0.1, 0.15) is 5.82 Å². The lowest BCUT2D eigenvalue weighted by molar-refractivity contribution is 0.0595. The summed E-state index contributed by atoms with van der Waals surface area (Å²) in [5.41, 5.74) is 6.49. The third-order valence-electron chi connectivity index (χ3n) is 3.55. The van der Waals surface area contributed by atoms with Crippen LogP contribution in [0.4, 0.5) is 4.39 Å². The number of benzene rings is 1. The summed E-state index contributed by atoms with van der Waals surface area (Å²) in [5.74, 6) is -0.633. The Hall–Kier alpha value is -1.46. The minimum absolute atomic E-state index is 0.0208. The summed E-state index contributed by atoms with van der Waals surface area (Å²) in [6.45, 7) is 3.33. The lowest BCUT2D eigenvalue weighted by Gasteiger charge is -2.16. The first-order valence-corrected chi connectivity index (χ1v) is 6.43. The highest BCUT2D eigenvalue weighted by atomic mass is 19.1. The lowest BCUT2D eigenvalue weighted by Crippen LogP contribution is -2.23. The molecule has 1 unspecified atom stereocenters. The number of carbonyl (C=O) groups excluding carboxylic acids is 1. The highest BCUT2D eigenvalue weighted by molar-refractivity contribution is 5.89. The molecular weight excluding hydrogens is 247 g/mol. The van der Waals surface area contributed by atoms with E-state index in [0.29, 0.717) is 19.0 Å². The van der Waals surface area contributed by atoms with Crippen LogP contribution in [-0.4, -0.2) is 37.6 Å². The second-order valence-corrected chi connectivity index (χ2v) is 4.93. The van der Waals surface area contributed by atoms with Crippen molar-refractivity contribution >= 4 is 5.97 Å². The second-order valence-electron chi connectivity index (χ2n) is 4.93. The first-order chi connectivity index (χ1) is 9.13. The van der Waals surface area contributed by atoms with E-state index in [4.69, 9.17) is 5.73 Å². The van der Waals surface area contributed by atoms with Gasteiger partial charge < -0.3 is 10.5 Å². The van der Waals surface area contributed by atoms with Crippen molar-refractivity contribution in [3.8, 4) is 0 Å². The fourth-order valence-corrected chi connectivity index (χ4v) is 2.44. The van der Waals surface area contributed by atoms with Gasteiger partial charge >= 0.3 is 5.97 Å². The zero-order chi connectivity index (χ0) is 13.8. The summed E-state index contributed by atoms with van der Waals surface area (Å²) >= 11 is 0. The molecule has 5 heteroatoms. The minimum Gasteiger partial charge on any atom is -0.465 e. The Morgan fingerprint density at radius 1 is 1.58 bits per heavy atom. The van der Waals surface area contributed by atoms with E-state index >= 15 is 0 Å². The van der Waals surface area contributed by atoms with Gasteiger partial charge in [-0.2, -0.15) is 0 Å². The Balaban J connectivity index is 2.02. The maximum atomic E-state index is 13.8. The molecule has 1 heterocycles. The number of nitrogens with two attached hydrogens (primary N) is 1. The smallest absolute Gasteiger partial charge is 0.340 e. The zero-order valence-electron chi connectivity index (χ0n) is 11.1. The van der Waals surface area contributed by atoms with Crippen LogP contribution in [-0.2, 0) is 11.3 Å². The summed E-state index contributed by atoms with van der Waals surface area (Å²) in [4.78, 5) is 13.5. The van der Waals surface area contributed by atoms with Gasteiger partial charge in [-0.25, -0.2) is 9.18 Å². The molecule has 0 aromatic heterocycles. The highest BCUT2D eigenvalue weighted by Gasteiger charge is 2.21. The monoisotopic (exact) mass is 266 g/mol. The summed E-state index contributed by atoms with van der Waals surface area (Å²) in [6.07, 6.45) is 1.10. The van der Waals surface area contributed by atoms with Crippen molar-refractivity contribution in [2.45, 2.75) is 13.0 Å². The molecule has 1 atom stereocenters. The number of esters is 1. The maximum Gasteiger partial charge on any atom is 0.340 e. The van der Waals surface area contributed by atoms with Gasteiger partial charge in [0.2, 0.25) is 0 Å². The van der Waals surface area contributed by atoms with Gasteiger partial charge in [0.25, 0.3) is 0 Å². The molecule has 0 saturated carbocycles. The van der Waals surface area contributed by atoms with Crippen LogP contribution >= 0.6 is 0 Å². The molecule has 2 rings (SSSR count). The van der Waals surface area contributed by atoms with E-state index in [1.54, 1.807) is 6.07 Å². The Kier molecular flexibility index (Phi) is 4.50. The Morgan fingerprint density at radius 2 is 2.37 bits per heavy atom. The Morgan fingerprint density at radius 3 is 2.95 bits per heavy atom. The summed E-state index contributed by atoms with van der Waals surface area (Å²) in [6, 6.07) is 4.65. The molecule has 0 aliphatic carbocycles. The third-order valence-corrected chi connectivity index (χ3v) is 3.55. The van der Waals surface area contributed by atoms with Crippen LogP contribution in [0, 0.1) is 11.7 Å². The van der Waals surface area contributed by atoms with Crippen LogP contribution < -0.4 is 5.73 Å².